The van der Waals surface area contributed by atoms with Gasteiger partial charge in [-0.25, -0.2) is 0 Å². The lowest BCUT2D eigenvalue weighted by Gasteiger charge is -2.08. The predicted octanol–water partition coefficient (Wildman–Crippen LogP) is 4.10. The number of aromatic amines is 1. The summed E-state index contributed by atoms with van der Waals surface area (Å²) >= 11 is 5.86. The summed E-state index contributed by atoms with van der Waals surface area (Å²) < 4.78 is 0. The molecule has 0 bridgehead atoms. The molecule has 106 valence electrons. The number of halogens is 1. The summed E-state index contributed by atoms with van der Waals surface area (Å²) in [6.45, 7) is 2.56. The van der Waals surface area contributed by atoms with E-state index in [9.17, 15) is 4.79 Å². The summed E-state index contributed by atoms with van der Waals surface area (Å²) in [6.07, 6.45) is 1.72. The molecule has 0 spiro atoms. The van der Waals surface area contributed by atoms with Gasteiger partial charge in [0.05, 0.1) is 5.69 Å². The highest BCUT2D eigenvalue weighted by molar-refractivity contribution is 6.30. The highest BCUT2D eigenvalue weighted by Gasteiger charge is 2.05. The zero-order chi connectivity index (χ0) is 14.8. The van der Waals surface area contributed by atoms with Gasteiger partial charge in [0.1, 0.15) is 0 Å². The summed E-state index contributed by atoms with van der Waals surface area (Å²) in [5.74, 6) is 0. The molecule has 3 aromatic rings. The molecule has 0 radical (unpaired) electrons. The Balaban J connectivity index is 1.89. The molecule has 4 heteroatoms. The van der Waals surface area contributed by atoms with Crippen molar-refractivity contribution in [3.63, 3.8) is 0 Å². The zero-order valence-corrected chi connectivity index (χ0v) is 12.4. The molecule has 3 nitrogen and oxygen atoms in total. The van der Waals surface area contributed by atoms with Crippen molar-refractivity contribution in [2.45, 2.75) is 13.5 Å². The average molecular weight is 299 g/mol. The molecular formula is C17H15ClN2O. The van der Waals surface area contributed by atoms with E-state index in [-0.39, 0.29) is 5.43 Å². The van der Waals surface area contributed by atoms with Gasteiger partial charge in [-0.1, -0.05) is 35.4 Å². The van der Waals surface area contributed by atoms with Gasteiger partial charge in [0.15, 0.2) is 0 Å². The number of aromatic nitrogens is 1. The smallest absolute Gasteiger partial charge is 0.212 e. The lowest BCUT2D eigenvalue weighted by Crippen LogP contribution is -2.12. The molecule has 1 heterocycles. The molecule has 2 aromatic carbocycles. The van der Waals surface area contributed by atoms with E-state index in [0.29, 0.717) is 22.6 Å². The standard InChI is InChI=1S/C17H15ClN2O/c1-11-2-7-15-14(8-11)17(21)16(10-20-15)19-9-12-3-5-13(18)6-4-12/h2-8,10,19H,9H2,1H3,(H,20,21). The zero-order valence-electron chi connectivity index (χ0n) is 11.6. The number of H-pyrrole nitrogens is 1. The maximum absolute atomic E-state index is 12.5. The molecule has 0 aliphatic rings. The number of hydrogen-bond donors (Lipinski definition) is 2. The van der Waals surface area contributed by atoms with Crippen LogP contribution >= 0.6 is 11.6 Å². The van der Waals surface area contributed by atoms with E-state index >= 15 is 0 Å². The van der Waals surface area contributed by atoms with E-state index in [4.69, 9.17) is 11.6 Å². The molecule has 0 unspecified atom stereocenters. The molecule has 0 saturated heterocycles. The van der Waals surface area contributed by atoms with Crippen molar-refractivity contribution in [1.82, 2.24) is 4.98 Å². The van der Waals surface area contributed by atoms with Crippen molar-refractivity contribution >= 4 is 28.2 Å². The number of fused-ring (bicyclic) bond motifs is 1. The summed E-state index contributed by atoms with van der Waals surface area (Å²) in [4.78, 5) is 15.6. The number of pyridine rings is 1. The monoisotopic (exact) mass is 298 g/mol. The molecule has 0 aliphatic carbocycles. The van der Waals surface area contributed by atoms with E-state index in [1.807, 2.05) is 49.4 Å². The second-order valence-corrected chi connectivity index (χ2v) is 5.50. The first kappa shape index (κ1) is 13.7. The summed E-state index contributed by atoms with van der Waals surface area (Å²) in [5, 5.41) is 4.58. The molecule has 3 rings (SSSR count). The number of aryl methyl sites for hydroxylation is 1. The Morgan fingerprint density at radius 1 is 1.14 bits per heavy atom. The Morgan fingerprint density at radius 3 is 2.67 bits per heavy atom. The van der Waals surface area contributed by atoms with Crippen LogP contribution in [0.15, 0.2) is 53.5 Å². The van der Waals surface area contributed by atoms with Gasteiger partial charge in [-0.3, -0.25) is 4.79 Å². The van der Waals surface area contributed by atoms with Gasteiger partial charge >= 0.3 is 0 Å². The Bertz CT molecular complexity index is 838. The quantitative estimate of drug-likeness (QED) is 0.764. The lowest BCUT2D eigenvalue weighted by atomic mass is 10.1. The lowest BCUT2D eigenvalue weighted by molar-refractivity contribution is 1.14. The molecule has 21 heavy (non-hydrogen) atoms. The Hall–Kier alpha value is -2.26. The molecule has 0 saturated carbocycles. The summed E-state index contributed by atoms with van der Waals surface area (Å²) in [6, 6.07) is 13.4. The Kier molecular flexibility index (Phi) is 3.67. The number of nitrogens with one attached hydrogen (secondary N) is 2. The SMILES string of the molecule is Cc1ccc2[nH]cc(NCc3ccc(Cl)cc3)c(=O)c2c1. The molecular weight excluding hydrogens is 284 g/mol. The topological polar surface area (TPSA) is 44.9 Å². The third-order valence-electron chi connectivity index (χ3n) is 3.43. The molecule has 0 aliphatic heterocycles. The third kappa shape index (κ3) is 2.93. The number of rotatable bonds is 3. The van der Waals surface area contributed by atoms with Crippen molar-refractivity contribution in [3.8, 4) is 0 Å². The van der Waals surface area contributed by atoms with E-state index in [2.05, 4.69) is 10.3 Å². The number of anilines is 1. The number of benzene rings is 2. The van der Waals surface area contributed by atoms with Crippen LogP contribution in [0.2, 0.25) is 5.02 Å². The van der Waals surface area contributed by atoms with Crippen LogP contribution in [0.1, 0.15) is 11.1 Å². The fraction of sp³-hybridized carbons (Fsp3) is 0.118. The van der Waals surface area contributed by atoms with Crippen LogP contribution in [-0.4, -0.2) is 4.98 Å². The van der Waals surface area contributed by atoms with E-state index in [0.717, 1.165) is 16.6 Å². The van der Waals surface area contributed by atoms with Crippen molar-refractivity contribution in [2.75, 3.05) is 5.32 Å². The first-order valence-corrected chi connectivity index (χ1v) is 7.11. The first-order chi connectivity index (χ1) is 10.1. The van der Waals surface area contributed by atoms with Crippen LogP contribution < -0.4 is 10.7 Å². The van der Waals surface area contributed by atoms with Crippen LogP contribution in [0, 0.1) is 6.92 Å². The fourth-order valence-corrected chi connectivity index (χ4v) is 2.39. The molecule has 0 fully saturated rings. The van der Waals surface area contributed by atoms with Crippen LogP contribution in [0.3, 0.4) is 0 Å². The molecule has 0 atom stereocenters. The summed E-state index contributed by atoms with van der Waals surface area (Å²) in [7, 11) is 0. The largest absolute Gasteiger partial charge is 0.377 e. The van der Waals surface area contributed by atoms with Gasteiger partial charge in [-0.15, -0.1) is 0 Å². The highest BCUT2D eigenvalue weighted by Crippen LogP contribution is 2.14. The minimum Gasteiger partial charge on any atom is -0.377 e. The maximum Gasteiger partial charge on any atom is 0.212 e. The van der Waals surface area contributed by atoms with E-state index in [1.54, 1.807) is 6.20 Å². The molecule has 1 aromatic heterocycles. The summed E-state index contributed by atoms with van der Waals surface area (Å²) in [5.41, 5.74) is 3.58. The van der Waals surface area contributed by atoms with Crippen LogP contribution in [0.4, 0.5) is 5.69 Å². The van der Waals surface area contributed by atoms with E-state index in [1.165, 1.54) is 0 Å². The van der Waals surface area contributed by atoms with Crippen molar-refractivity contribution < 1.29 is 0 Å². The molecule has 0 amide bonds. The van der Waals surface area contributed by atoms with Crippen LogP contribution in [-0.2, 0) is 6.54 Å². The van der Waals surface area contributed by atoms with Gasteiger partial charge < -0.3 is 10.3 Å². The van der Waals surface area contributed by atoms with Crippen LogP contribution in [0.5, 0.6) is 0 Å². The highest BCUT2D eigenvalue weighted by atomic mass is 35.5. The van der Waals surface area contributed by atoms with Gasteiger partial charge in [0, 0.05) is 28.7 Å². The van der Waals surface area contributed by atoms with E-state index < -0.39 is 0 Å². The van der Waals surface area contributed by atoms with Crippen molar-refractivity contribution in [3.05, 3.63) is 75.0 Å². The number of hydrogen-bond acceptors (Lipinski definition) is 2. The third-order valence-corrected chi connectivity index (χ3v) is 3.68. The maximum atomic E-state index is 12.5. The second-order valence-electron chi connectivity index (χ2n) is 5.06. The first-order valence-electron chi connectivity index (χ1n) is 6.74. The van der Waals surface area contributed by atoms with Gasteiger partial charge in [0.25, 0.3) is 0 Å². The van der Waals surface area contributed by atoms with Gasteiger partial charge in [0.2, 0.25) is 5.43 Å². The van der Waals surface area contributed by atoms with Crippen molar-refractivity contribution in [2.24, 2.45) is 0 Å². The van der Waals surface area contributed by atoms with Gasteiger partial charge in [-0.05, 0) is 36.8 Å². The van der Waals surface area contributed by atoms with Crippen molar-refractivity contribution in [1.29, 1.82) is 0 Å². The minimum absolute atomic E-state index is 0.0152. The second kappa shape index (κ2) is 5.62. The minimum atomic E-state index is 0.0152. The van der Waals surface area contributed by atoms with Crippen LogP contribution in [0.25, 0.3) is 10.9 Å². The normalized spacial score (nSPS) is 10.8. The average Bonchev–Trinajstić information content (AvgIpc) is 2.49. The fourth-order valence-electron chi connectivity index (χ4n) is 2.26. The predicted molar refractivity (Wildman–Crippen MR) is 88.1 cm³/mol. The Labute approximate surface area is 127 Å². The Morgan fingerprint density at radius 2 is 1.90 bits per heavy atom. The molecule has 2 N–H and O–H groups in total. The van der Waals surface area contributed by atoms with Gasteiger partial charge in [-0.2, -0.15) is 0 Å².